The monoisotopic (exact) mass is 207 g/mol. The Hall–Kier alpha value is -1.91. The van der Waals surface area contributed by atoms with E-state index < -0.39 is 5.82 Å². The summed E-state index contributed by atoms with van der Waals surface area (Å²) in [6.45, 7) is 1.93. The molecule has 0 saturated heterocycles. The van der Waals surface area contributed by atoms with Gasteiger partial charge in [-0.2, -0.15) is 0 Å². The number of hydrogen-bond donors (Lipinski definition) is 1. The second-order valence-corrected chi connectivity index (χ2v) is 3.12. The zero-order chi connectivity index (χ0) is 10.8. The molecule has 0 aromatic carbocycles. The number of nitrogens with two attached hydrogens (primary N) is 1. The van der Waals surface area contributed by atoms with Crippen LogP contribution >= 0.6 is 0 Å². The summed E-state index contributed by atoms with van der Waals surface area (Å²) in [6, 6.07) is 1.35. The van der Waals surface area contributed by atoms with E-state index in [0.29, 0.717) is 17.7 Å². The van der Waals surface area contributed by atoms with Crippen LogP contribution in [-0.4, -0.2) is 10.1 Å². The summed E-state index contributed by atoms with van der Waals surface area (Å²) in [7, 11) is 0. The van der Waals surface area contributed by atoms with Crippen LogP contribution in [-0.2, 0) is 6.42 Å². The van der Waals surface area contributed by atoms with Gasteiger partial charge in [-0.15, -0.1) is 0 Å². The van der Waals surface area contributed by atoms with Crippen LogP contribution in [0.2, 0.25) is 0 Å². The Balaban J connectivity index is 2.54. The van der Waals surface area contributed by atoms with Gasteiger partial charge in [0, 0.05) is 17.3 Å². The molecule has 4 nitrogen and oxygen atoms in total. The third-order valence-electron chi connectivity index (χ3n) is 2.15. The number of nitrogens with zero attached hydrogens (tertiary/aromatic N) is 2. The van der Waals surface area contributed by atoms with Crippen LogP contribution in [0.3, 0.4) is 0 Å². The van der Waals surface area contributed by atoms with Gasteiger partial charge in [-0.25, -0.2) is 4.39 Å². The second kappa shape index (κ2) is 3.68. The molecule has 15 heavy (non-hydrogen) atoms. The van der Waals surface area contributed by atoms with Crippen molar-refractivity contribution in [2.75, 3.05) is 5.73 Å². The summed E-state index contributed by atoms with van der Waals surface area (Å²) in [5, 5.41) is 3.79. The van der Waals surface area contributed by atoms with Gasteiger partial charge in [-0.05, 0) is 12.5 Å². The van der Waals surface area contributed by atoms with E-state index in [1.165, 1.54) is 12.3 Å². The number of hydrogen-bond acceptors (Lipinski definition) is 4. The molecule has 0 radical (unpaired) electrons. The van der Waals surface area contributed by atoms with E-state index in [1.54, 1.807) is 0 Å². The number of rotatable bonds is 2. The fourth-order valence-electron chi connectivity index (χ4n) is 1.43. The zero-order valence-corrected chi connectivity index (χ0v) is 8.20. The van der Waals surface area contributed by atoms with Gasteiger partial charge in [0.05, 0.1) is 6.20 Å². The van der Waals surface area contributed by atoms with Crippen molar-refractivity contribution in [1.82, 2.24) is 10.1 Å². The molecule has 0 unspecified atom stereocenters. The normalized spacial score (nSPS) is 10.5. The quantitative estimate of drug-likeness (QED) is 0.818. The van der Waals surface area contributed by atoms with Crippen molar-refractivity contribution in [3.8, 4) is 11.3 Å². The highest BCUT2D eigenvalue weighted by Gasteiger charge is 2.14. The maximum Gasteiger partial charge on any atom is 0.225 e. The van der Waals surface area contributed by atoms with Crippen molar-refractivity contribution in [1.29, 1.82) is 0 Å². The van der Waals surface area contributed by atoms with Gasteiger partial charge in [0.2, 0.25) is 5.88 Å². The smallest absolute Gasteiger partial charge is 0.225 e. The molecule has 0 bridgehead atoms. The minimum absolute atomic E-state index is 0.275. The van der Waals surface area contributed by atoms with Crippen molar-refractivity contribution in [2.24, 2.45) is 0 Å². The van der Waals surface area contributed by atoms with Crippen molar-refractivity contribution in [3.05, 3.63) is 29.8 Å². The lowest BCUT2D eigenvalue weighted by atomic mass is 10.1. The van der Waals surface area contributed by atoms with Crippen LogP contribution < -0.4 is 5.73 Å². The van der Waals surface area contributed by atoms with Gasteiger partial charge in [-0.3, -0.25) is 4.98 Å². The lowest BCUT2D eigenvalue weighted by Crippen LogP contribution is -1.91. The van der Waals surface area contributed by atoms with E-state index in [1.807, 2.05) is 6.92 Å². The maximum atomic E-state index is 12.9. The Morgan fingerprint density at radius 1 is 1.47 bits per heavy atom. The first kappa shape index (κ1) is 9.64. The summed E-state index contributed by atoms with van der Waals surface area (Å²) < 4.78 is 17.8. The Morgan fingerprint density at radius 3 is 2.93 bits per heavy atom. The fourth-order valence-corrected chi connectivity index (χ4v) is 1.43. The van der Waals surface area contributed by atoms with E-state index >= 15 is 0 Å². The summed E-state index contributed by atoms with van der Waals surface area (Å²) in [4.78, 5) is 3.75. The SMILES string of the molecule is CCc1c(-c2cncc(F)c2)noc1N. The van der Waals surface area contributed by atoms with Gasteiger partial charge in [0.25, 0.3) is 0 Å². The molecule has 5 heteroatoms. The van der Waals surface area contributed by atoms with Crippen LogP contribution in [0.1, 0.15) is 12.5 Å². The predicted octanol–water partition coefficient (Wildman–Crippen LogP) is 2.02. The van der Waals surface area contributed by atoms with Crippen LogP contribution in [0.4, 0.5) is 10.3 Å². The number of halogens is 1. The lowest BCUT2D eigenvalue weighted by molar-refractivity contribution is 0.438. The summed E-state index contributed by atoms with van der Waals surface area (Å²) >= 11 is 0. The molecule has 2 N–H and O–H groups in total. The van der Waals surface area contributed by atoms with Crippen LogP contribution in [0.5, 0.6) is 0 Å². The number of nitrogen functional groups attached to an aromatic ring is 1. The third-order valence-corrected chi connectivity index (χ3v) is 2.15. The van der Waals surface area contributed by atoms with E-state index in [2.05, 4.69) is 10.1 Å². The highest BCUT2D eigenvalue weighted by molar-refractivity contribution is 5.66. The molecule has 0 aliphatic carbocycles. The molecule has 0 saturated carbocycles. The minimum Gasteiger partial charge on any atom is -0.367 e. The first-order chi connectivity index (χ1) is 7.22. The Labute approximate surface area is 85.9 Å². The van der Waals surface area contributed by atoms with Gasteiger partial charge < -0.3 is 10.3 Å². The zero-order valence-electron chi connectivity index (χ0n) is 8.20. The third kappa shape index (κ3) is 1.68. The molecular formula is C10H10FN3O. The molecule has 2 aromatic rings. The molecule has 0 fully saturated rings. The molecule has 2 aromatic heterocycles. The molecule has 78 valence electrons. The van der Waals surface area contributed by atoms with Crippen LogP contribution in [0, 0.1) is 5.82 Å². The predicted molar refractivity (Wildman–Crippen MR) is 53.5 cm³/mol. The van der Waals surface area contributed by atoms with Crippen molar-refractivity contribution < 1.29 is 8.91 Å². The van der Waals surface area contributed by atoms with E-state index in [-0.39, 0.29) is 5.88 Å². The summed E-state index contributed by atoms with van der Waals surface area (Å²) in [5.41, 5.74) is 7.50. The van der Waals surface area contributed by atoms with Crippen molar-refractivity contribution in [3.63, 3.8) is 0 Å². The average Bonchev–Trinajstić information content (AvgIpc) is 2.59. The average molecular weight is 207 g/mol. The largest absolute Gasteiger partial charge is 0.367 e. The summed E-state index contributed by atoms with van der Waals surface area (Å²) in [6.07, 6.45) is 3.35. The van der Waals surface area contributed by atoms with E-state index in [4.69, 9.17) is 10.3 Å². The number of aromatic nitrogens is 2. The molecular weight excluding hydrogens is 197 g/mol. The molecule has 0 amide bonds. The van der Waals surface area contributed by atoms with Crippen molar-refractivity contribution in [2.45, 2.75) is 13.3 Å². The van der Waals surface area contributed by atoms with Gasteiger partial charge >= 0.3 is 0 Å². The van der Waals surface area contributed by atoms with Gasteiger partial charge in [0.15, 0.2) is 0 Å². The fraction of sp³-hybridized carbons (Fsp3) is 0.200. The first-order valence-corrected chi connectivity index (χ1v) is 4.57. The number of anilines is 1. The number of pyridine rings is 1. The first-order valence-electron chi connectivity index (χ1n) is 4.57. The van der Waals surface area contributed by atoms with Crippen molar-refractivity contribution >= 4 is 5.88 Å². The molecule has 0 aliphatic rings. The minimum atomic E-state index is -0.406. The highest BCUT2D eigenvalue weighted by Crippen LogP contribution is 2.26. The summed E-state index contributed by atoms with van der Waals surface area (Å²) in [5.74, 6) is -0.132. The van der Waals surface area contributed by atoms with Crippen LogP contribution in [0.15, 0.2) is 23.0 Å². The van der Waals surface area contributed by atoms with E-state index in [9.17, 15) is 4.39 Å². The topological polar surface area (TPSA) is 64.9 Å². The molecule has 0 spiro atoms. The standard InChI is InChI=1S/C10H10FN3O/c1-2-8-9(14-15-10(8)12)6-3-7(11)5-13-4-6/h3-5H,2,12H2,1H3. The molecule has 2 rings (SSSR count). The molecule has 0 aliphatic heterocycles. The Bertz CT molecular complexity index is 481. The van der Waals surface area contributed by atoms with E-state index in [0.717, 1.165) is 11.8 Å². The Kier molecular flexibility index (Phi) is 2.37. The molecule has 2 heterocycles. The highest BCUT2D eigenvalue weighted by atomic mass is 19.1. The van der Waals surface area contributed by atoms with Gasteiger partial charge in [-0.1, -0.05) is 12.1 Å². The lowest BCUT2D eigenvalue weighted by Gasteiger charge is -1.98. The van der Waals surface area contributed by atoms with Crippen LogP contribution in [0.25, 0.3) is 11.3 Å². The Morgan fingerprint density at radius 2 is 2.27 bits per heavy atom. The molecule has 0 atom stereocenters. The van der Waals surface area contributed by atoms with Gasteiger partial charge in [0.1, 0.15) is 11.5 Å². The maximum absolute atomic E-state index is 12.9. The second-order valence-electron chi connectivity index (χ2n) is 3.12.